The smallest absolute Gasteiger partial charge is 0.115 e. The summed E-state index contributed by atoms with van der Waals surface area (Å²) >= 11 is 0. The number of phenolic OH excluding ortho intramolecular Hbond substituents is 1. The number of piperidine rings is 3. The molecule has 3 saturated heterocycles. The first kappa shape index (κ1) is 13.8. The third kappa shape index (κ3) is 2.21. The van der Waals surface area contributed by atoms with Gasteiger partial charge < -0.3 is 15.1 Å². The summed E-state index contributed by atoms with van der Waals surface area (Å²) in [5.74, 6) is 0.666. The Balaban J connectivity index is 1.63. The highest BCUT2D eigenvalue weighted by Gasteiger charge is 2.46. The lowest BCUT2D eigenvalue weighted by molar-refractivity contribution is -0.117. The molecule has 3 aliphatic rings. The van der Waals surface area contributed by atoms with Gasteiger partial charge in [0.1, 0.15) is 11.4 Å². The second kappa shape index (κ2) is 5.11. The van der Waals surface area contributed by atoms with Crippen molar-refractivity contribution in [3.05, 3.63) is 54.1 Å². The highest BCUT2D eigenvalue weighted by molar-refractivity contribution is 5.64. The van der Waals surface area contributed by atoms with E-state index in [1.807, 2.05) is 12.1 Å². The Morgan fingerprint density at radius 1 is 0.864 bits per heavy atom. The van der Waals surface area contributed by atoms with Crippen LogP contribution in [0.2, 0.25) is 0 Å². The molecular weight excluding hydrogens is 274 g/mol. The quantitative estimate of drug-likeness (QED) is 0.895. The number of fused-ring (bicyclic) bond motifs is 3. The van der Waals surface area contributed by atoms with E-state index in [0.717, 1.165) is 49.2 Å². The molecule has 3 nitrogen and oxygen atoms in total. The SMILES string of the molecule is Oc1ccc(-c2ccc([C@@]3(O)CN4CCC3CC4)cc2)cc1. The van der Waals surface area contributed by atoms with Gasteiger partial charge in [-0.2, -0.15) is 0 Å². The molecule has 0 aliphatic carbocycles. The summed E-state index contributed by atoms with van der Waals surface area (Å²) in [5, 5.41) is 20.5. The monoisotopic (exact) mass is 295 g/mol. The molecule has 0 unspecified atom stereocenters. The Hall–Kier alpha value is -1.84. The van der Waals surface area contributed by atoms with Crippen LogP contribution in [0.5, 0.6) is 5.75 Å². The minimum absolute atomic E-state index is 0.280. The molecule has 114 valence electrons. The predicted octanol–water partition coefficient (Wildman–Crippen LogP) is 2.97. The number of rotatable bonds is 2. The average molecular weight is 295 g/mol. The number of hydrogen-bond donors (Lipinski definition) is 2. The predicted molar refractivity (Wildman–Crippen MR) is 86.6 cm³/mol. The van der Waals surface area contributed by atoms with E-state index in [4.69, 9.17) is 0 Å². The fourth-order valence-electron chi connectivity index (χ4n) is 3.97. The summed E-state index contributed by atoms with van der Waals surface area (Å²) in [6.07, 6.45) is 2.19. The number of aromatic hydroxyl groups is 1. The van der Waals surface area contributed by atoms with E-state index in [-0.39, 0.29) is 5.75 Å². The van der Waals surface area contributed by atoms with Crippen molar-refractivity contribution in [1.82, 2.24) is 4.90 Å². The minimum Gasteiger partial charge on any atom is -0.508 e. The Morgan fingerprint density at radius 3 is 1.91 bits per heavy atom. The number of phenols is 1. The molecule has 3 aliphatic heterocycles. The van der Waals surface area contributed by atoms with Crippen LogP contribution < -0.4 is 0 Å². The van der Waals surface area contributed by atoms with Gasteiger partial charge in [0.25, 0.3) is 0 Å². The molecule has 0 amide bonds. The van der Waals surface area contributed by atoms with Crippen LogP contribution in [-0.4, -0.2) is 34.7 Å². The average Bonchev–Trinajstić information content (AvgIpc) is 2.57. The van der Waals surface area contributed by atoms with Crippen molar-refractivity contribution in [2.75, 3.05) is 19.6 Å². The normalized spacial score (nSPS) is 30.4. The van der Waals surface area contributed by atoms with Gasteiger partial charge >= 0.3 is 0 Å². The molecule has 5 rings (SSSR count). The number of hydrogen-bond acceptors (Lipinski definition) is 3. The maximum Gasteiger partial charge on any atom is 0.115 e. The van der Waals surface area contributed by atoms with Crippen LogP contribution in [0.25, 0.3) is 11.1 Å². The summed E-state index contributed by atoms with van der Waals surface area (Å²) in [6, 6.07) is 15.5. The zero-order chi connectivity index (χ0) is 15.2. The lowest BCUT2D eigenvalue weighted by Gasteiger charge is -2.50. The van der Waals surface area contributed by atoms with E-state index in [9.17, 15) is 10.2 Å². The Morgan fingerprint density at radius 2 is 1.41 bits per heavy atom. The Labute approximate surface area is 130 Å². The van der Waals surface area contributed by atoms with E-state index in [2.05, 4.69) is 29.2 Å². The summed E-state index contributed by atoms with van der Waals surface area (Å²) in [4.78, 5) is 2.37. The fourth-order valence-corrected chi connectivity index (χ4v) is 3.97. The molecule has 2 bridgehead atoms. The Bertz CT molecular complexity index is 657. The van der Waals surface area contributed by atoms with Gasteiger partial charge in [0.2, 0.25) is 0 Å². The van der Waals surface area contributed by atoms with E-state index < -0.39 is 5.60 Å². The second-order valence-electron chi connectivity index (χ2n) is 6.60. The molecule has 3 heterocycles. The molecule has 22 heavy (non-hydrogen) atoms. The van der Waals surface area contributed by atoms with Gasteiger partial charge in [0, 0.05) is 6.54 Å². The molecule has 3 heteroatoms. The van der Waals surface area contributed by atoms with Crippen molar-refractivity contribution in [2.24, 2.45) is 5.92 Å². The van der Waals surface area contributed by atoms with Gasteiger partial charge in [-0.05, 0) is 60.7 Å². The van der Waals surface area contributed by atoms with Crippen LogP contribution in [0.15, 0.2) is 48.5 Å². The molecule has 3 fully saturated rings. The zero-order valence-electron chi connectivity index (χ0n) is 12.6. The molecular formula is C19H21NO2. The van der Waals surface area contributed by atoms with Crippen LogP contribution in [0.3, 0.4) is 0 Å². The lowest BCUT2D eigenvalue weighted by Crippen LogP contribution is -2.57. The Kier molecular flexibility index (Phi) is 3.21. The third-order valence-corrected chi connectivity index (χ3v) is 5.31. The molecule has 0 radical (unpaired) electrons. The number of benzene rings is 2. The molecule has 2 aromatic carbocycles. The summed E-state index contributed by atoms with van der Waals surface area (Å²) in [5.41, 5.74) is 2.52. The largest absolute Gasteiger partial charge is 0.508 e. The van der Waals surface area contributed by atoms with Crippen molar-refractivity contribution in [2.45, 2.75) is 18.4 Å². The van der Waals surface area contributed by atoms with Crippen molar-refractivity contribution in [3.8, 4) is 16.9 Å². The van der Waals surface area contributed by atoms with E-state index in [1.165, 1.54) is 0 Å². The van der Waals surface area contributed by atoms with Gasteiger partial charge in [0.05, 0.1) is 0 Å². The first-order chi connectivity index (χ1) is 10.6. The zero-order valence-corrected chi connectivity index (χ0v) is 12.6. The number of aliphatic hydroxyl groups is 1. The molecule has 0 saturated carbocycles. The van der Waals surface area contributed by atoms with Crippen LogP contribution in [0, 0.1) is 5.92 Å². The number of nitrogens with zero attached hydrogens (tertiary/aromatic N) is 1. The summed E-state index contributed by atoms with van der Waals surface area (Å²) in [6.45, 7) is 3.01. The van der Waals surface area contributed by atoms with Crippen molar-refractivity contribution >= 4 is 0 Å². The second-order valence-corrected chi connectivity index (χ2v) is 6.60. The van der Waals surface area contributed by atoms with Gasteiger partial charge in [-0.1, -0.05) is 36.4 Å². The van der Waals surface area contributed by atoms with Crippen LogP contribution >= 0.6 is 0 Å². The molecule has 0 spiro atoms. The van der Waals surface area contributed by atoms with Gasteiger partial charge in [-0.3, -0.25) is 0 Å². The summed E-state index contributed by atoms with van der Waals surface area (Å²) < 4.78 is 0. The summed E-state index contributed by atoms with van der Waals surface area (Å²) in [7, 11) is 0. The molecule has 1 atom stereocenters. The van der Waals surface area contributed by atoms with Crippen LogP contribution in [0.4, 0.5) is 0 Å². The fraction of sp³-hybridized carbons (Fsp3) is 0.368. The minimum atomic E-state index is -0.690. The highest BCUT2D eigenvalue weighted by Crippen LogP contribution is 2.42. The third-order valence-electron chi connectivity index (χ3n) is 5.31. The molecule has 2 N–H and O–H groups in total. The lowest BCUT2D eigenvalue weighted by atomic mass is 9.71. The maximum absolute atomic E-state index is 11.2. The van der Waals surface area contributed by atoms with Crippen molar-refractivity contribution < 1.29 is 10.2 Å². The van der Waals surface area contributed by atoms with Gasteiger partial charge in [-0.25, -0.2) is 0 Å². The molecule has 2 aromatic rings. The van der Waals surface area contributed by atoms with E-state index in [1.54, 1.807) is 12.1 Å². The first-order valence-electron chi connectivity index (χ1n) is 8.00. The van der Waals surface area contributed by atoms with Crippen LogP contribution in [-0.2, 0) is 5.60 Å². The van der Waals surface area contributed by atoms with Crippen molar-refractivity contribution in [3.63, 3.8) is 0 Å². The van der Waals surface area contributed by atoms with Crippen LogP contribution in [0.1, 0.15) is 18.4 Å². The van der Waals surface area contributed by atoms with E-state index >= 15 is 0 Å². The standard InChI is InChI=1S/C19H21NO2/c21-18-7-3-15(4-8-18)14-1-5-16(6-2-14)19(22)13-20-11-9-17(19)10-12-20/h1-8,17,21-22H,9-13H2/t19-/m0/s1. The van der Waals surface area contributed by atoms with E-state index in [0.29, 0.717) is 5.92 Å². The first-order valence-corrected chi connectivity index (χ1v) is 8.00. The topological polar surface area (TPSA) is 43.7 Å². The van der Waals surface area contributed by atoms with Gasteiger partial charge in [-0.15, -0.1) is 0 Å². The highest BCUT2D eigenvalue weighted by atomic mass is 16.3. The van der Waals surface area contributed by atoms with Crippen molar-refractivity contribution in [1.29, 1.82) is 0 Å². The molecule has 0 aromatic heterocycles. The van der Waals surface area contributed by atoms with Gasteiger partial charge in [0.15, 0.2) is 0 Å². The maximum atomic E-state index is 11.2.